The van der Waals surface area contributed by atoms with Crippen LogP contribution in [-0.4, -0.2) is 35.1 Å². The van der Waals surface area contributed by atoms with E-state index < -0.39 is 5.97 Å². The van der Waals surface area contributed by atoms with Crippen molar-refractivity contribution >= 4 is 11.9 Å². The first kappa shape index (κ1) is 16.7. The molecule has 0 aromatic carbocycles. The molecule has 0 aliphatic heterocycles. The summed E-state index contributed by atoms with van der Waals surface area (Å²) in [6.45, 7) is 4.34. The minimum atomic E-state index is -0.795. The van der Waals surface area contributed by atoms with Crippen LogP contribution in [0.5, 0.6) is 5.75 Å². The lowest BCUT2D eigenvalue weighted by Gasteiger charge is -2.09. The van der Waals surface area contributed by atoms with E-state index in [4.69, 9.17) is 9.84 Å². The highest BCUT2D eigenvalue weighted by Gasteiger charge is 2.12. The first-order valence-electron chi connectivity index (χ1n) is 6.84. The number of unbranched alkanes of at least 4 members (excludes halogenated alkanes) is 2. The molecule has 6 nitrogen and oxygen atoms in total. The largest absolute Gasteiger partial charge is 0.487 e. The maximum Gasteiger partial charge on any atom is 0.303 e. The quantitative estimate of drug-likeness (QED) is 0.509. The number of ether oxygens (including phenoxy) is 1. The van der Waals surface area contributed by atoms with Crippen molar-refractivity contribution in [1.29, 1.82) is 0 Å². The van der Waals surface area contributed by atoms with Crippen LogP contribution >= 0.6 is 0 Å². The molecule has 21 heavy (non-hydrogen) atoms. The Kier molecular flexibility index (Phi) is 7.56. The molecule has 0 saturated carbocycles. The number of rotatable bonds is 10. The number of amides is 1. The van der Waals surface area contributed by atoms with Gasteiger partial charge in [-0.1, -0.05) is 19.1 Å². The topological polar surface area (TPSA) is 88.5 Å². The highest BCUT2D eigenvalue weighted by atomic mass is 16.5. The molecule has 1 heterocycles. The Morgan fingerprint density at radius 1 is 1.38 bits per heavy atom. The highest BCUT2D eigenvalue weighted by Crippen LogP contribution is 2.15. The van der Waals surface area contributed by atoms with Crippen molar-refractivity contribution in [3.63, 3.8) is 0 Å². The minimum absolute atomic E-state index is 0.160. The summed E-state index contributed by atoms with van der Waals surface area (Å²) in [5.41, 5.74) is 0.241. The van der Waals surface area contributed by atoms with Gasteiger partial charge in [0.05, 0.1) is 0 Å². The van der Waals surface area contributed by atoms with Gasteiger partial charge >= 0.3 is 5.97 Å². The Hall–Kier alpha value is -2.37. The van der Waals surface area contributed by atoms with Crippen LogP contribution in [0.25, 0.3) is 0 Å². The summed E-state index contributed by atoms with van der Waals surface area (Å²) in [6.07, 6.45) is 5.39. The average Bonchev–Trinajstić information content (AvgIpc) is 2.48. The zero-order valence-electron chi connectivity index (χ0n) is 11.9. The fraction of sp³-hybridized carbons (Fsp3) is 0.400. The van der Waals surface area contributed by atoms with Gasteiger partial charge in [-0.3, -0.25) is 9.59 Å². The van der Waals surface area contributed by atoms with Crippen molar-refractivity contribution < 1.29 is 19.4 Å². The second kappa shape index (κ2) is 9.52. The summed E-state index contributed by atoms with van der Waals surface area (Å²) < 4.78 is 5.37. The highest BCUT2D eigenvalue weighted by molar-refractivity contribution is 5.94. The fourth-order valence-corrected chi connectivity index (χ4v) is 1.69. The second-order valence-electron chi connectivity index (χ2n) is 4.41. The van der Waals surface area contributed by atoms with Gasteiger partial charge in [0.1, 0.15) is 6.61 Å². The number of aromatic nitrogens is 1. The van der Waals surface area contributed by atoms with Gasteiger partial charge in [0.15, 0.2) is 11.4 Å². The van der Waals surface area contributed by atoms with Crippen LogP contribution in [0.1, 0.15) is 36.2 Å². The molecule has 0 saturated heterocycles. The maximum absolute atomic E-state index is 12.0. The van der Waals surface area contributed by atoms with E-state index in [1.807, 2.05) is 0 Å². The molecule has 1 rings (SSSR count). The molecule has 0 aliphatic rings. The average molecular weight is 292 g/mol. The van der Waals surface area contributed by atoms with E-state index in [-0.39, 0.29) is 18.0 Å². The lowest BCUT2D eigenvalue weighted by atomic mass is 10.2. The Balaban J connectivity index is 2.38. The van der Waals surface area contributed by atoms with Crippen molar-refractivity contribution in [3.8, 4) is 5.75 Å². The SMILES string of the molecule is C=CCOc1cccnc1C(=O)NCCCCCC(=O)O. The molecular formula is C15H20N2O4. The number of carbonyl (C=O) groups excluding carboxylic acids is 1. The van der Waals surface area contributed by atoms with Crippen molar-refractivity contribution in [2.75, 3.05) is 13.2 Å². The van der Waals surface area contributed by atoms with Crippen LogP contribution in [0, 0.1) is 0 Å². The monoisotopic (exact) mass is 292 g/mol. The molecular weight excluding hydrogens is 272 g/mol. The molecule has 2 N–H and O–H groups in total. The van der Waals surface area contributed by atoms with E-state index in [2.05, 4.69) is 16.9 Å². The Labute approximate surface area is 123 Å². The third-order valence-corrected chi connectivity index (χ3v) is 2.70. The lowest BCUT2D eigenvalue weighted by Crippen LogP contribution is -2.26. The smallest absolute Gasteiger partial charge is 0.303 e. The predicted molar refractivity (Wildman–Crippen MR) is 78.4 cm³/mol. The third-order valence-electron chi connectivity index (χ3n) is 2.70. The number of carboxylic acids is 1. The van der Waals surface area contributed by atoms with E-state index in [1.54, 1.807) is 18.2 Å². The zero-order valence-corrected chi connectivity index (χ0v) is 11.9. The van der Waals surface area contributed by atoms with Gasteiger partial charge in [0, 0.05) is 19.2 Å². The van der Waals surface area contributed by atoms with Crippen molar-refractivity contribution in [2.24, 2.45) is 0 Å². The molecule has 114 valence electrons. The summed E-state index contributed by atoms with van der Waals surface area (Å²) in [6, 6.07) is 3.37. The van der Waals surface area contributed by atoms with E-state index in [9.17, 15) is 9.59 Å². The van der Waals surface area contributed by atoms with Crippen LogP contribution in [0.2, 0.25) is 0 Å². The first-order chi connectivity index (χ1) is 10.1. The minimum Gasteiger partial charge on any atom is -0.487 e. The number of hydrogen-bond donors (Lipinski definition) is 2. The van der Waals surface area contributed by atoms with E-state index in [0.717, 1.165) is 12.8 Å². The summed E-state index contributed by atoms with van der Waals surface area (Å²) in [4.78, 5) is 26.4. The molecule has 0 radical (unpaired) electrons. The summed E-state index contributed by atoms with van der Waals surface area (Å²) in [5.74, 6) is -0.676. The van der Waals surface area contributed by atoms with Gasteiger partial charge in [-0.2, -0.15) is 0 Å². The van der Waals surface area contributed by atoms with E-state index in [0.29, 0.717) is 25.3 Å². The summed E-state index contributed by atoms with van der Waals surface area (Å²) >= 11 is 0. The number of aliphatic carboxylic acids is 1. The van der Waals surface area contributed by atoms with Gasteiger partial charge in [-0.15, -0.1) is 0 Å². The van der Waals surface area contributed by atoms with Crippen LogP contribution in [0.4, 0.5) is 0 Å². The number of carbonyl (C=O) groups is 2. The molecule has 0 spiro atoms. The standard InChI is InChI=1S/C15H20N2O4/c1-2-11-21-12-7-6-10-16-14(12)15(20)17-9-5-3-4-8-13(18)19/h2,6-7,10H,1,3-5,8-9,11H2,(H,17,20)(H,18,19). The fourth-order valence-electron chi connectivity index (χ4n) is 1.69. The maximum atomic E-state index is 12.0. The summed E-state index contributed by atoms with van der Waals surface area (Å²) in [5, 5.41) is 11.3. The van der Waals surface area contributed by atoms with Gasteiger partial charge in [0.2, 0.25) is 0 Å². The number of nitrogens with zero attached hydrogens (tertiary/aromatic N) is 1. The van der Waals surface area contributed by atoms with Gasteiger partial charge in [0.25, 0.3) is 5.91 Å². The Morgan fingerprint density at radius 3 is 2.90 bits per heavy atom. The van der Waals surface area contributed by atoms with Crippen LogP contribution < -0.4 is 10.1 Å². The molecule has 0 bridgehead atoms. The Morgan fingerprint density at radius 2 is 2.19 bits per heavy atom. The molecule has 0 unspecified atom stereocenters. The van der Waals surface area contributed by atoms with Crippen LogP contribution in [0.15, 0.2) is 31.0 Å². The van der Waals surface area contributed by atoms with E-state index in [1.165, 1.54) is 6.20 Å². The molecule has 1 aromatic rings. The van der Waals surface area contributed by atoms with Crippen molar-refractivity contribution in [3.05, 3.63) is 36.7 Å². The number of hydrogen-bond acceptors (Lipinski definition) is 4. The first-order valence-corrected chi connectivity index (χ1v) is 6.84. The molecule has 0 aliphatic carbocycles. The van der Waals surface area contributed by atoms with Crippen molar-refractivity contribution in [2.45, 2.75) is 25.7 Å². The van der Waals surface area contributed by atoms with Crippen LogP contribution in [-0.2, 0) is 4.79 Å². The van der Waals surface area contributed by atoms with Gasteiger partial charge in [-0.25, -0.2) is 4.98 Å². The predicted octanol–water partition coefficient (Wildman–Crippen LogP) is 2.02. The molecule has 0 atom stereocenters. The second-order valence-corrected chi connectivity index (χ2v) is 4.41. The summed E-state index contributed by atoms with van der Waals surface area (Å²) in [7, 11) is 0. The molecule has 6 heteroatoms. The van der Waals surface area contributed by atoms with Gasteiger partial charge < -0.3 is 15.2 Å². The van der Waals surface area contributed by atoms with Crippen molar-refractivity contribution in [1.82, 2.24) is 10.3 Å². The normalized spacial score (nSPS) is 9.90. The zero-order chi connectivity index (χ0) is 15.5. The Bertz CT molecular complexity index is 488. The van der Waals surface area contributed by atoms with E-state index >= 15 is 0 Å². The third kappa shape index (κ3) is 6.56. The molecule has 1 amide bonds. The number of pyridine rings is 1. The van der Waals surface area contributed by atoms with Crippen LogP contribution in [0.3, 0.4) is 0 Å². The lowest BCUT2D eigenvalue weighted by molar-refractivity contribution is -0.137. The molecule has 1 aromatic heterocycles. The van der Waals surface area contributed by atoms with Gasteiger partial charge in [-0.05, 0) is 25.0 Å². The molecule has 0 fully saturated rings. The number of nitrogens with one attached hydrogen (secondary N) is 1. The number of carboxylic acid groups (broad SMARTS) is 1.